The minimum atomic E-state index is -0.483. The van der Waals surface area contributed by atoms with E-state index in [2.05, 4.69) is 5.32 Å². The second-order valence-electron chi connectivity index (χ2n) is 6.02. The first-order chi connectivity index (χ1) is 13.6. The van der Waals surface area contributed by atoms with Gasteiger partial charge in [0.1, 0.15) is 11.6 Å². The van der Waals surface area contributed by atoms with Gasteiger partial charge in [-0.05, 0) is 43.5 Å². The molecule has 1 aliphatic heterocycles. The van der Waals surface area contributed by atoms with Gasteiger partial charge < -0.3 is 24.3 Å². The predicted octanol–water partition coefficient (Wildman–Crippen LogP) is 1.84. The number of methoxy groups -OCH3 is 1. The Morgan fingerprint density at radius 2 is 2.21 bits per heavy atom. The molecule has 8 nitrogen and oxygen atoms in total. The van der Waals surface area contributed by atoms with Gasteiger partial charge in [0.25, 0.3) is 5.91 Å². The molecule has 1 N–H and O–H groups in total. The van der Waals surface area contributed by atoms with Gasteiger partial charge in [0, 0.05) is 13.2 Å². The number of rotatable bonds is 9. The van der Waals surface area contributed by atoms with E-state index in [9.17, 15) is 14.9 Å². The number of hydrogen-bond donors (Lipinski definition) is 1. The Kier molecular flexibility index (Phi) is 8.31. The van der Waals surface area contributed by atoms with Crippen LogP contribution >= 0.6 is 0 Å². The standard InChI is InChI=1S/C20H24N2O6/c1-3-26-19(23)13-28-17-7-6-14(10-18(17)25-2)9-15(11-21)20(24)22-12-16-5-4-8-27-16/h6-7,9-10,16H,3-5,8,12-13H2,1-2H3,(H,22,24)/b15-9+/t16-/m0/s1. The summed E-state index contributed by atoms with van der Waals surface area (Å²) in [6.07, 6.45) is 3.34. The number of esters is 1. The summed E-state index contributed by atoms with van der Waals surface area (Å²) in [5, 5.41) is 12.0. The van der Waals surface area contributed by atoms with Crippen molar-refractivity contribution < 1.29 is 28.5 Å². The molecule has 1 amide bonds. The van der Waals surface area contributed by atoms with Crippen LogP contribution in [-0.4, -0.2) is 51.5 Å². The molecule has 0 saturated carbocycles. The number of ether oxygens (including phenoxy) is 4. The van der Waals surface area contributed by atoms with E-state index < -0.39 is 11.9 Å². The molecule has 0 radical (unpaired) electrons. The first kappa shape index (κ1) is 21.3. The summed E-state index contributed by atoms with van der Waals surface area (Å²) in [5.41, 5.74) is 0.560. The fourth-order valence-electron chi connectivity index (χ4n) is 2.65. The van der Waals surface area contributed by atoms with Crippen molar-refractivity contribution in [2.75, 3.05) is 33.5 Å². The molecule has 1 saturated heterocycles. The van der Waals surface area contributed by atoms with Gasteiger partial charge in [-0.1, -0.05) is 6.07 Å². The Balaban J connectivity index is 2.04. The summed E-state index contributed by atoms with van der Waals surface area (Å²) in [4.78, 5) is 23.6. The normalized spacial score (nSPS) is 16.2. The molecule has 1 aliphatic rings. The Bertz CT molecular complexity index is 762. The summed E-state index contributed by atoms with van der Waals surface area (Å²) in [6.45, 7) is 2.82. The number of carbonyl (C=O) groups is 2. The molecule has 28 heavy (non-hydrogen) atoms. The van der Waals surface area contributed by atoms with Gasteiger partial charge in [0.2, 0.25) is 0 Å². The van der Waals surface area contributed by atoms with Gasteiger partial charge in [-0.25, -0.2) is 4.79 Å². The van der Waals surface area contributed by atoms with E-state index in [-0.39, 0.29) is 24.9 Å². The van der Waals surface area contributed by atoms with Gasteiger partial charge >= 0.3 is 5.97 Å². The van der Waals surface area contributed by atoms with Crippen LogP contribution in [0.1, 0.15) is 25.3 Å². The van der Waals surface area contributed by atoms with E-state index in [1.165, 1.54) is 13.2 Å². The largest absolute Gasteiger partial charge is 0.493 e. The molecule has 0 spiro atoms. The smallest absolute Gasteiger partial charge is 0.344 e. The van der Waals surface area contributed by atoms with Crippen molar-refractivity contribution in [1.82, 2.24) is 5.32 Å². The van der Waals surface area contributed by atoms with Crippen LogP contribution in [0.4, 0.5) is 0 Å². The highest BCUT2D eigenvalue weighted by Gasteiger charge is 2.18. The zero-order chi connectivity index (χ0) is 20.4. The van der Waals surface area contributed by atoms with Crippen LogP contribution in [0.3, 0.4) is 0 Å². The molecule has 1 fully saturated rings. The Morgan fingerprint density at radius 3 is 2.86 bits per heavy atom. The van der Waals surface area contributed by atoms with Crippen molar-refractivity contribution in [3.05, 3.63) is 29.3 Å². The molecular weight excluding hydrogens is 364 g/mol. The van der Waals surface area contributed by atoms with Crippen molar-refractivity contribution >= 4 is 18.0 Å². The third-order valence-electron chi connectivity index (χ3n) is 4.03. The molecule has 0 bridgehead atoms. The number of carbonyl (C=O) groups excluding carboxylic acids is 2. The van der Waals surface area contributed by atoms with E-state index >= 15 is 0 Å². The molecule has 1 atom stereocenters. The predicted molar refractivity (Wildman–Crippen MR) is 101 cm³/mol. The maximum Gasteiger partial charge on any atom is 0.344 e. The quantitative estimate of drug-likeness (QED) is 0.391. The fraction of sp³-hybridized carbons (Fsp3) is 0.450. The number of nitrogens with zero attached hydrogens (tertiary/aromatic N) is 1. The SMILES string of the molecule is CCOC(=O)COc1ccc(/C=C(\C#N)C(=O)NC[C@@H]2CCCO2)cc1OC. The average molecular weight is 388 g/mol. The van der Waals surface area contributed by atoms with Crippen LogP contribution in [0.25, 0.3) is 6.08 Å². The Morgan fingerprint density at radius 1 is 1.39 bits per heavy atom. The number of benzene rings is 1. The summed E-state index contributed by atoms with van der Waals surface area (Å²) in [6, 6.07) is 6.78. The molecule has 150 valence electrons. The number of amides is 1. The molecule has 0 aliphatic carbocycles. The zero-order valence-corrected chi connectivity index (χ0v) is 16.0. The number of hydrogen-bond acceptors (Lipinski definition) is 7. The van der Waals surface area contributed by atoms with Crippen molar-refractivity contribution in [2.24, 2.45) is 0 Å². The minimum absolute atomic E-state index is 0.000169. The first-order valence-electron chi connectivity index (χ1n) is 9.05. The van der Waals surface area contributed by atoms with Crippen molar-refractivity contribution in [2.45, 2.75) is 25.9 Å². The second kappa shape index (κ2) is 10.9. The Hall–Kier alpha value is -3.05. The lowest BCUT2D eigenvalue weighted by molar-refractivity contribution is -0.145. The van der Waals surface area contributed by atoms with Crippen LogP contribution in [0.2, 0.25) is 0 Å². The maximum atomic E-state index is 12.2. The van der Waals surface area contributed by atoms with Crippen LogP contribution < -0.4 is 14.8 Å². The van der Waals surface area contributed by atoms with E-state index in [0.29, 0.717) is 30.2 Å². The average Bonchev–Trinajstić information content (AvgIpc) is 3.22. The molecule has 1 aromatic carbocycles. The third kappa shape index (κ3) is 6.28. The van der Waals surface area contributed by atoms with E-state index in [1.807, 2.05) is 6.07 Å². The summed E-state index contributed by atoms with van der Waals surface area (Å²) < 4.78 is 20.9. The molecule has 8 heteroatoms. The van der Waals surface area contributed by atoms with Crippen LogP contribution in [0.15, 0.2) is 23.8 Å². The molecular formula is C20H24N2O6. The lowest BCUT2D eigenvalue weighted by atomic mass is 10.1. The third-order valence-corrected chi connectivity index (χ3v) is 4.03. The maximum absolute atomic E-state index is 12.2. The minimum Gasteiger partial charge on any atom is -0.493 e. The number of nitrogens with one attached hydrogen (secondary N) is 1. The van der Waals surface area contributed by atoms with E-state index in [1.54, 1.807) is 25.1 Å². The number of nitriles is 1. The van der Waals surface area contributed by atoms with E-state index in [4.69, 9.17) is 18.9 Å². The van der Waals surface area contributed by atoms with Gasteiger partial charge in [-0.15, -0.1) is 0 Å². The lowest BCUT2D eigenvalue weighted by Crippen LogP contribution is -2.32. The molecule has 2 rings (SSSR count). The van der Waals surface area contributed by atoms with Crippen LogP contribution in [-0.2, 0) is 19.1 Å². The molecule has 0 aromatic heterocycles. The molecule has 0 unspecified atom stereocenters. The molecule has 1 aromatic rings. The van der Waals surface area contributed by atoms with Gasteiger partial charge in [0.05, 0.1) is 19.8 Å². The van der Waals surface area contributed by atoms with Gasteiger partial charge in [-0.3, -0.25) is 4.79 Å². The molecule has 1 heterocycles. The van der Waals surface area contributed by atoms with Crippen molar-refractivity contribution in [3.8, 4) is 17.6 Å². The van der Waals surface area contributed by atoms with Crippen molar-refractivity contribution in [3.63, 3.8) is 0 Å². The second-order valence-corrected chi connectivity index (χ2v) is 6.02. The van der Waals surface area contributed by atoms with E-state index in [0.717, 1.165) is 12.8 Å². The summed E-state index contributed by atoms with van der Waals surface area (Å²) >= 11 is 0. The van der Waals surface area contributed by atoms with Gasteiger partial charge in [-0.2, -0.15) is 5.26 Å². The fourth-order valence-corrected chi connectivity index (χ4v) is 2.65. The van der Waals surface area contributed by atoms with Crippen LogP contribution in [0.5, 0.6) is 11.5 Å². The summed E-state index contributed by atoms with van der Waals surface area (Å²) in [7, 11) is 1.46. The highest BCUT2D eigenvalue weighted by Crippen LogP contribution is 2.29. The van der Waals surface area contributed by atoms with Crippen LogP contribution in [0, 0.1) is 11.3 Å². The van der Waals surface area contributed by atoms with Gasteiger partial charge in [0.15, 0.2) is 18.1 Å². The monoisotopic (exact) mass is 388 g/mol. The summed E-state index contributed by atoms with van der Waals surface area (Å²) in [5.74, 6) is -0.216. The zero-order valence-electron chi connectivity index (χ0n) is 16.0. The topological polar surface area (TPSA) is 107 Å². The van der Waals surface area contributed by atoms with Crippen molar-refractivity contribution in [1.29, 1.82) is 5.26 Å². The first-order valence-corrected chi connectivity index (χ1v) is 9.05. The highest BCUT2D eigenvalue weighted by molar-refractivity contribution is 6.01. The Labute approximate surface area is 164 Å². The highest BCUT2D eigenvalue weighted by atomic mass is 16.6. The lowest BCUT2D eigenvalue weighted by Gasteiger charge is -2.11.